The molecule has 204 valence electrons. The Balaban J connectivity index is 1.49. The Hall–Kier alpha value is -3.54. The van der Waals surface area contributed by atoms with Gasteiger partial charge in [-0.2, -0.15) is 0 Å². The molecule has 0 spiro atoms. The van der Waals surface area contributed by atoms with Crippen LogP contribution in [0, 0.1) is 5.82 Å². The smallest absolute Gasteiger partial charge is 0.252 e. The molecule has 0 radical (unpaired) electrons. The summed E-state index contributed by atoms with van der Waals surface area (Å²) in [5.74, 6) is -1.27. The highest BCUT2D eigenvalue weighted by Gasteiger charge is 2.24. The van der Waals surface area contributed by atoms with Crippen molar-refractivity contribution in [2.75, 3.05) is 48.9 Å². The van der Waals surface area contributed by atoms with Crippen LogP contribution >= 0.6 is 0 Å². The predicted molar refractivity (Wildman–Crippen MR) is 147 cm³/mol. The molecular formula is C27H36FN7O3. The van der Waals surface area contributed by atoms with E-state index in [1.807, 2.05) is 31.2 Å². The van der Waals surface area contributed by atoms with Gasteiger partial charge in [0.1, 0.15) is 5.82 Å². The lowest BCUT2D eigenvalue weighted by molar-refractivity contribution is 0.0570. The van der Waals surface area contributed by atoms with E-state index in [2.05, 4.69) is 25.9 Å². The van der Waals surface area contributed by atoms with Gasteiger partial charge in [-0.05, 0) is 38.0 Å². The number of pyridine rings is 2. The number of rotatable bonds is 13. The van der Waals surface area contributed by atoms with Crippen molar-refractivity contribution in [1.82, 2.24) is 9.97 Å². The molecule has 1 fully saturated rings. The van der Waals surface area contributed by atoms with Crippen LogP contribution in [0.15, 0.2) is 36.5 Å². The highest BCUT2D eigenvalue weighted by molar-refractivity contribution is 5.99. The van der Waals surface area contributed by atoms with Crippen molar-refractivity contribution < 1.29 is 18.7 Å². The number of carbonyl (C=O) groups is 1. The van der Waals surface area contributed by atoms with Crippen LogP contribution in [0.1, 0.15) is 43.0 Å². The highest BCUT2D eigenvalue weighted by Crippen LogP contribution is 2.29. The van der Waals surface area contributed by atoms with Crippen molar-refractivity contribution in [3.63, 3.8) is 0 Å². The maximum Gasteiger partial charge on any atom is 0.252 e. The minimum Gasteiger partial charge on any atom is -0.381 e. The number of amides is 1. The monoisotopic (exact) mass is 525 g/mol. The zero-order chi connectivity index (χ0) is 26.9. The Labute approximate surface area is 221 Å². The predicted octanol–water partition coefficient (Wildman–Crippen LogP) is 3.76. The summed E-state index contributed by atoms with van der Waals surface area (Å²) in [5.41, 5.74) is 13.9. The molecule has 1 aliphatic rings. The Bertz CT molecular complexity index is 1240. The molecule has 0 saturated heterocycles. The molecule has 0 bridgehead atoms. The minimum atomic E-state index is -0.788. The number of benzene rings is 1. The van der Waals surface area contributed by atoms with E-state index in [1.165, 1.54) is 0 Å². The topological polar surface area (TPSA) is 149 Å². The third-order valence-corrected chi connectivity index (χ3v) is 6.49. The number of para-hydroxylation sites is 1. The highest BCUT2D eigenvalue weighted by atomic mass is 19.1. The Kier molecular flexibility index (Phi) is 9.63. The Morgan fingerprint density at radius 1 is 1.13 bits per heavy atom. The second-order valence-corrected chi connectivity index (χ2v) is 9.24. The lowest BCUT2D eigenvalue weighted by Gasteiger charge is -2.30. The van der Waals surface area contributed by atoms with Crippen LogP contribution in [-0.4, -0.2) is 60.9 Å². The second-order valence-electron chi connectivity index (χ2n) is 9.24. The third kappa shape index (κ3) is 7.06. The second kappa shape index (κ2) is 13.3. The van der Waals surface area contributed by atoms with Gasteiger partial charge in [0, 0.05) is 30.6 Å². The van der Waals surface area contributed by atoms with E-state index in [0.29, 0.717) is 38.7 Å². The molecule has 1 aromatic carbocycles. The fourth-order valence-electron chi connectivity index (χ4n) is 4.52. The first kappa shape index (κ1) is 27.5. The van der Waals surface area contributed by atoms with Crippen molar-refractivity contribution in [2.24, 2.45) is 11.5 Å². The quantitative estimate of drug-likeness (QED) is 0.210. The summed E-state index contributed by atoms with van der Waals surface area (Å²) in [4.78, 5) is 21.0. The first-order valence-corrected chi connectivity index (χ1v) is 13.0. The van der Waals surface area contributed by atoms with Crippen LogP contribution in [0.5, 0.6) is 0 Å². The average Bonchev–Trinajstić information content (AvgIpc) is 2.91. The summed E-state index contributed by atoms with van der Waals surface area (Å²) >= 11 is 0. The van der Waals surface area contributed by atoms with Gasteiger partial charge in [-0.1, -0.05) is 25.0 Å². The van der Waals surface area contributed by atoms with Crippen molar-refractivity contribution in [3.05, 3.63) is 47.9 Å². The van der Waals surface area contributed by atoms with Gasteiger partial charge in [-0.15, -0.1) is 0 Å². The number of halogens is 1. The number of nitrogens with zero attached hydrogens (tertiary/aromatic N) is 2. The molecule has 1 aliphatic carbocycles. The average molecular weight is 526 g/mol. The van der Waals surface area contributed by atoms with Gasteiger partial charge in [0.2, 0.25) is 0 Å². The molecular weight excluding hydrogens is 489 g/mol. The number of carbonyl (C=O) groups excluding carboxylic acids is 1. The summed E-state index contributed by atoms with van der Waals surface area (Å²) in [6.07, 6.45) is 5.39. The van der Waals surface area contributed by atoms with Crippen LogP contribution in [0.3, 0.4) is 0 Å². The molecule has 11 heteroatoms. The molecule has 1 amide bonds. The lowest BCUT2D eigenvalue weighted by Crippen LogP contribution is -2.43. The van der Waals surface area contributed by atoms with Gasteiger partial charge in [0.05, 0.1) is 48.5 Å². The summed E-state index contributed by atoms with van der Waals surface area (Å²) in [6, 6.07) is 8.60. The first-order valence-electron chi connectivity index (χ1n) is 13.0. The molecule has 38 heavy (non-hydrogen) atoms. The zero-order valence-electron chi connectivity index (χ0n) is 21.6. The number of aromatic nitrogens is 2. The van der Waals surface area contributed by atoms with Crippen LogP contribution in [0.2, 0.25) is 0 Å². The van der Waals surface area contributed by atoms with Crippen LogP contribution in [0.4, 0.5) is 27.4 Å². The van der Waals surface area contributed by atoms with E-state index in [0.717, 1.165) is 48.3 Å². The molecule has 3 aromatic rings. The standard InChI is InChI=1S/C27H36FN7O3/c1-2-37-12-13-38-11-10-31-23-9-5-6-17-14-18(16-32-24(17)23)33-26-19(25(30)36)15-20(28)27(35-26)34-22-8-4-3-7-21(22)29/h5-6,9,14-16,21-22,31H,2-4,7-8,10-13,29H2,1H3,(H2,30,36)(H2,33,34,35). The van der Waals surface area contributed by atoms with Crippen molar-refractivity contribution in [1.29, 1.82) is 0 Å². The molecule has 0 aliphatic heterocycles. The van der Waals surface area contributed by atoms with Gasteiger partial charge in [0.15, 0.2) is 11.6 Å². The van der Waals surface area contributed by atoms with Gasteiger partial charge < -0.3 is 36.9 Å². The molecule has 10 nitrogen and oxygen atoms in total. The van der Waals surface area contributed by atoms with Gasteiger partial charge in [-0.25, -0.2) is 9.37 Å². The number of hydrogen-bond donors (Lipinski definition) is 5. The molecule has 2 unspecified atom stereocenters. The van der Waals surface area contributed by atoms with Crippen molar-refractivity contribution in [2.45, 2.75) is 44.7 Å². The molecule has 1 saturated carbocycles. The van der Waals surface area contributed by atoms with Crippen molar-refractivity contribution >= 4 is 39.8 Å². The number of fused-ring (bicyclic) bond motifs is 1. The van der Waals surface area contributed by atoms with Crippen LogP contribution < -0.4 is 27.4 Å². The van der Waals surface area contributed by atoms with Gasteiger partial charge >= 0.3 is 0 Å². The summed E-state index contributed by atoms with van der Waals surface area (Å²) < 4.78 is 25.7. The normalized spacial score (nSPS) is 17.3. The largest absolute Gasteiger partial charge is 0.381 e. The third-order valence-electron chi connectivity index (χ3n) is 6.49. The molecule has 2 aromatic heterocycles. The van der Waals surface area contributed by atoms with E-state index in [9.17, 15) is 9.18 Å². The van der Waals surface area contributed by atoms with E-state index in [1.54, 1.807) is 6.20 Å². The number of primary amides is 1. The van der Waals surface area contributed by atoms with E-state index < -0.39 is 11.7 Å². The number of nitrogens with two attached hydrogens (primary N) is 2. The Morgan fingerprint density at radius 2 is 1.95 bits per heavy atom. The summed E-state index contributed by atoms with van der Waals surface area (Å²) in [6.45, 7) is 4.91. The summed E-state index contributed by atoms with van der Waals surface area (Å²) in [5, 5.41) is 10.4. The fraction of sp³-hybridized carbons (Fsp3) is 0.444. The van der Waals surface area contributed by atoms with E-state index in [4.69, 9.17) is 20.9 Å². The number of ether oxygens (including phenoxy) is 2. The maximum absolute atomic E-state index is 14.8. The Morgan fingerprint density at radius 3 is 2.74 bits per heavy atom. The van der Waals surface area contributed by atoms with Gasteiger partial charge in [0.25, 0.3) is 5.91 Å². The van der Waals surface area contributed by atoms with Gasteiger partial charge in [-0.3, -0.25) is 9.78 Å². The van der Waals surface area contributed by atoms with Crippen LogP contribution in [-0.2, 0) is 9.47 Å². The summed E-state index contributed by atoms with van der Waals surface area (Å²) in [7, 11) is 0. The lowest BCUT2D eigenvalue weighted by atomic mass is 9.91. The molecule has 7 N–H and O–H groups in total. The maximum atomic E-state index is 14.8. The molecule has 4 rings (SSSR count). The zero-order valence-corrected chi connectivity index (χ0v) is 21.6. The SMILES string of the molecule is CCOCCOCCNc1cccc2cc(Nc3nc(NC4CCCCC4N)c(F)cc3C(N)=O)cnc12. The minimum absolute atomic E-state index is 0.0311. The molecule has 2 heterocycles. The number of hydrogen-bond acceptors (Lipinski definition) is 9. The van der Waals surface area contributed by atoms with Crippen LogP contribution in [0.25, 0.3) is 10.9 Å². The van der Waals surface area contributed by atoms with E-state index in [-0.39, 0.29) is 29.3 Å². The fourth-order valence-corrected chi connectivity index (χ4v) is 4.52. The number of anilines is 4. The molecule has 2 atom stereocenters. The van der Waals surface area contributed by atoms with Crippen molar-refractivity contribution in [3.8, 4) is 0 Å². The van der Waals surface area contributed by atoms with E-state index >= 15 is 0 Å². The number of nitrogens with one attached hydrogen (secondary N) is 3. The first-order chi connectivity index (χ1) is 18.5.